The molecule has 0 N–H and O–H groups in total. The summed E-state index contributed by atoms with van der Waals surface area (Å²) in [5.41, 5.74) is 2.79. The van der Waals surface area contributed by atoms with Gasteiger partial charge in [0.15, 0.2) is 0 Å². The summed E-state index contributed by atoms with van der Waals surface area (Å²) in [6, 6.07) is 13.6. The SMILES string of the molecule is O=Nc1c(C(c2ccccn2)N2CCN(C3=NCCC=C3)CC2)ccc2cccnc12. The molecular formula is C24H24N6O. The zero-order valence-electron chi connectivity index (χ0n) is 17.3. The molecule has 156 valence electrons. The Kier molecular flexibility index (Phi) is 5.50. The number of hydrogen-bond donors (Lipinski definition) is 0. The van der Waals surface area contributed by atoms with E-state index in [1.807, 2.05) is 42.5 Å². The fourth-order valence-electron chi connectivity index (χ4n) is 4.45. The summed E-state index contributed by atoms with van der Waals surface area (Å²) < 4.78 is 0. The van der Waals surface area contributed by atoms with Crippen molar-refractivity contribution in [3.05, 3.63) is 83.2 Å². The second-order valence-electron chi connectivity index (χ2n) is 7.78. The van der Waals surface area contributed by atoms with Crippen molar-refractivity contribution in [3.63, 3.8) is 0 Å². The summed E-state index contributed by atoms with van der Waals surface area (Å²) in [4.78, 5) is 30.4. The van der Waals surface area contributed by atoms with E-state index in [9.17, 15) is 4.91 Å². The van der Waals surface area contributed by atoms with Gasteiger partial charge in [0.2, 0.25) is 0 Å². The average molecular weight is 412 g/mol. The van der Waals surface area contributed by atoms with Crippen LogP contribution in [-0.2, 0) is 0 Å². The van der Waals surface area contributed by atoms with Crippen LogP contribution in [0, 0.1) is 4.91 Å². The fourth-order valence-corrected chi connectivity index (χ4v) is 4.45. The molecule has 1 unspecified atom stereocenters. The average Bonchev–Trinajstić information content (AvgIpc) is 2.85. The van der Waals surface area contributed by atoms with Crippen molar-refractivity contribution < 1.29 is 0 Å². The third-order valence-corrected chi connectivity index (χ3v) is 5.97. The van der Waals surface area contributed by atoms with Crippen molar-refractivity contribution in [1.82, 2.24) is 19.8 Å². The number of nitrogens with zero attached hydrogens (tertiary/aromatic N) is 6. The number of rotatable bonds is 4. The maximum Gasteiger partial charge on any atom is 0.139 e. The Morgan fingerprint density at radius 2 is 1.81 bits per heavy atom. The van der Waals surface area contributed by atoms with Crippen LogP contribution in [0.4, 0.5) is 5.69 Å². The molecule has 0 saturated carbocycles. The number of piperazine rings is 1. The fraction of sp³-hybridized carbons (Fsp3) is 0.292. The zero-order valence-corrected chi connectivity index (χ0v) is 17.3. The second kappa shape index (κ2) is 8.73. The summed E-state index contributed by atoms with van der Waals surface area (Å²) in [5, 5.41) is 4.33. The molecule has 1 atom stereocenters. The van der Waals surface area contributed by atoms with Crippen LogP contribution in [0.1, 0.15) is 23.7 Å². The minimum Gasteiger partial charge on any atom is -0.354 e. The molecule has 7 nitrogen and oxygen atoms in total. The summed E-state index contributed by atoms with van der Waals surface area (Å²) in [6.07, 6.45) is 8.83. The minimum absolute atomic E-state index is 0.161. The lowest BCUT2D eigenvalue weighted by Crippen LogP contribution is -2.49. The van der Waals surface area contributed by atoms with Crippen molar-refractivity contribution in [2.24, 2.45) is 10.2 Å². The van der Waals surface area contributed by atoms with Gasteiger partial charge in [-0.1, -0.05) is 30.3 Å². The molecule has 5 rings (SSSR count). The van der Waals surface area contributed by atoms with E-state index in [2.05, 4.69) is 42.1 Å². The van der Waals surface area contributed by atoms with Crippen LogP contribution in [-0.4, -0.2) is 58.3 Å². The molecule has 0 radical (unpaired) electrons. The van der Waals surface area contributed by atoms with Crippen molar-refractivity contribution >= 4 is 22.4 Å². The largest absolute Gasteiger partial charge is 0.354 e. The Hall–Kier alpha value is -3.45. The first-order valence-electron chi connectivity index (χ1n) is 10.7. The number of aromatic nitrogens is 2. The van der Waals surface area contributed by atoms with Gasteiger partial charge in [0, 0.05) is 56.1 Å². The number of pyridine rings is 2. The molecule has 31 heavy (non-hydrogen) atoms. The van der Waals surface area contributed by atoms with E-state index in [1.165, 1.54) is 0 Å². The number of benzene rings is 1. The molecule has 0 spiro atoms. The van der Waals surface area contributed by atoms with Crippen molar-refractivity contribution in [2.75, 3.05) is 32.7 Å². The second-order valence-corrected chi connectivity index (χ2v) is 7.78. The van der Waals surface area contributed by atoms with Crippen molar-refractivity contribution in [2.45, 2.75) is 12.5 Å². The normalized spacial score (nSPS) is 18.1. The Bertz CT molecular complexity index is 1140. The molecule has 3 aromatic rings. The molecule has 1 saturated heterocycles. The Morgan fingerprint density at radius 3 is 2.55 bits per heavy atom. The first-order chi connectivity index (χ1) is 15.3. The number of dihydropyridines is 1. The molecule has 0 aliphatic carbocycles. The van der Waals surface area contributed by atoms with E-state index >= 15 is 0 Å². The number of hydrogen-bond acceptors (Lipinski definition) is 7. The highest BCUT2D eigenvalue weighted by molar-refractivity contribution is 5.93. The first kappa shape index (κ1) is 19.5. The summed E-state index contributed by atoms with van der Waals surface area (Å²) in [7, 11) is 0. The van der Waals surface area contributed by atoms with Gasteiger partial charge in [-0.25, -0.2) is 0 Å². The van der Waals surface area contributed by atoms with Crippen LogP contribution in [0.5, 0.6) is 0 Å². The number of fused-ring (bicyclic) bond motifs is 1. The van der Waals surface area contributed by atoms with Gasteiger partial charge in [0.25, 0.3) is 0 Å². The van der Waals surface area contributed by atoms with Gasteiger partial charge in [-0.05, 0) is 35.9 Å². The standard InChI is InChI=1S/C24H24N6O/c31-28-23-19(10-9-18-6-5-13-27-22(18)23)24(20-7-1-3-11-25-20)30-16-14-29(15-17-30)21-8-2-4-12-26-21/h1-3,5-11,13,24H,4,12,14-17H2. The lowest BCUT2D eigenvalue weighted by molar-refractivity contribution is 0.149. The van der Waals surface area contributed by atoms with Gasteiger partial charge >= 0.3 is 0 Å². The molecule has 1 fully saturated rings. The molecule has 7 heteroatoms. The third-order valence-electron chi connectivity index (χ3n) is 5.97. The molecule has 0 amide bonds. The number of amidine groups is 1. The van der Waals surface area contributed by atoms with E-state index in [1.54, 1.807) is 12.4 Å². The van der Waals surface area contributed by atoms with Crippen LogP contribution in [0.3, 0.4) is 0 Å². The van der Waals surface area contributed by atoms with Crippen LogP contribution in [0.15, 0.2) is 77.2 Å². The summed E-state index contributed by atoms with van der Waals surface area (Å²) >= 11 is 0. The molecule has 1 aromatic carbocycles. The third kappa shape index (κ3) is 3.84. The predicted octanol–water partition coefficient (Wildman–Crippen LogP) is 4.09. The Balaban J connectivity index is 1.51. The number of aliphatic imine (C=N–C) groups is 1. The first-order valence-corrected chi connectivity index (χ1v) is 10.7. The minimum atomic E-state index is -0.161. The van der Waals surface area contributed by atoms with E-state index < -0.39 is 0 Å². The molecule has 4 heterocycles. The van der Waals surface area contributed by atoms with Crippen LogP contribution < -0.4 is 0 Å². The van der Waals surface area contributed by atoms with E-state index in [-0.39, 0.29) is 6.04 Å². The highest BCUT2D eigenvalue weighted by Gasteiger charge is 2.30. The molecule has 2 aromatic heterocycles. The van der Waals surface area contributed by atoms with Gasteiger partial charge in [-0.2, -0.15) is 0 Å². The van der Waals surface area contributed by atoms with Crippen molar-refractivity contribution in [3.8, 4) is 0 Å². The van der Waals surface area contributed by atoms with Gasteiger partial charge in [-0.15, -0.1) is 4.91 Å². The number of nitroso groups, excluding NO2 is 1. The lowest BCUT2D eigenvalue weighted by atomic mass is 9.96. The molecule has 2 aliphatic heterocycles. The van der Waals surface area contributed by atoms with Crippen LogP contribution in [0.2, 0.25) is 0 Å². The topological polar surface area (TPSA) is 74.1 Å². The lowest BCUT2D eigenvalue weighted by Gasteiger charge is -2.40. The van der Waals surface area contributed by atoms with Gasteiger partial charge in [0.1, 0.15) is 11.5 Å². The van der Waals surface area contributed by atoms with Crippen molar-refractivity contribution in [1.29, 1.82) is 0 Å². The van der Waals surface area contributed by atoms with Crippen LogP contribution in [0.25, 0.3) is 10.9 Å². The van der Waals surface area contributed by atoms with Crippen LogP contribution >= 0.6 is 0 Å². The van der Waals surface area contributed by atoms with E-state index in [0.717, 1.165) is 61.6 Å². The molecule has 0 bridgehead atoms. The Morgan fingerprint density at radius 1 is 0.935 bits per heavy atom. The smallest absolute Gasteiger partial charge is 0.139 e. The molecule has 2 aliphatic rings. The van der Waals surface area contributed by atoms with Gasteiger partial charge in [0.05, 0.1) is 17.3 Å². The Labute approximate surface area is 181 Å². The van der Waals surface area contributed by atoms with Gasteiger partial charge in [-0.3, -0.25) is 19.9 Å². The maximum absolute atomic E-state index is 12.0. The highest BCUT2D eigenvalue weighted by atomic mass is 16.3. The summed E-state index contributed by atoms with van der Waals surface area (Å²) in [5.74, 6) is 1.07. The predicted molar refractivity (Wildman–Crippen MR) is 122 cm³/mol. The van der Waals surface area contributed by atoms with Gasteiger partial charge < -0.3 is 4.90 Å². The highest BCUT2D eigenvalue weighted by Crippen LogP contribution is 2.38. The maximum atomic E-state index is 12.0. The monoisotopic (exact) mass is 412 g/mol. The zero-order chi connectivity index (χ0) is 21.0. The quantitative estimate of drug-likeness (QED) is 0.604. The molecular weight excluding hydrogens is 388 g/mol. The summed E-state index contributed by atoms with van der Waals surface area (Å²) in [6.45, 7) is 4.30. The van der Waals surface area contributed by atoms with E-state index in [0.29, 0.717) is 11.2 Å². The van der Waals surface area contributed by atoms with E-state index in [4.69, 9.17) is 0 Å².